The molecule has 3 heterocycles. The Kier molecular flexibility index (Phi) is 5.12. The van der Waals surface area contributed by atoms with Gasteiger partial charge < -0.3 is 20.0 Å². The average molecular weight is 330 g/mol. The van der Waals surface area contributed by atoms with Gasteiger partial charge in [-0.05, 0) is 55.2 Å². The first-order valence-corrected chi connectivity index (χ1v) is 8.40. The van der Waals surface area contributed by atoms with Crippen LogP contribution in [0.1, 0.15) is 25.5 Å². The lowest BCUT2D eigenvalue weighted by Crippen LogP contribution is -2.34. The number of hydrogen-bond acceptors (Lipinski definition) is 4. The van der Waals surface area contributed by atoms with Crippen molar-refractivity contribution in [1.82, 2.24) is 10.3 Å². The van der Waals surface area contributed by atoms with Crippen molar-refractivity contribution in [2.45, 2.75) is 26.3 Å². The molecule has 0 spiro atoms. The predicted octanol–water partition coefficient (Wildman–Crippen LogP) is 3.40. The van der Waals surface area contributed by atoms with Gasteiger partial charge in [-0.15, -0.1) is 0 Å². The minimum absolute atomic E-state index is 0.558. The largest absolute Gasteiger partial charge is 0.467 e. The summed E-state index contributed by atoms with van der Waals surface area (Å²) in [5.41, 5.74) is 0.885. The van der Waals surface area contributed by atoms with E-state index in [1.807, 2.05) is 24.4 Å². The maximum absolute atomic E-state index is 5.28. The number of thiocarbonyl (C=S) groups is 1. The van der Waals surface area contributed by atoms with Crippen LogP contribution >= 0.6 is 12.2 Å². The van der Waals surface area contributed by atoms with Crippen LogP contribution in [0.3, 0.4) is 0 Å². The molecule has 23 heavy (non-hydrogen) atoms. The van der Waals surface area contributed by atoms with Crippen LogP contribution in [0.4, 0.5) is 11.5 Å². The van der Waals surface area contributed by atoms with Gasteiger partial charge in [0.2, 0.25) is 0 Å². The summed E-state index contributed by atoms with van der Waals surface area (Å²) in [5.74, 6) is 2.63. The van der Waals surface area contributed by atoms with Gasteiger partial charge in [-0.25, -0.2) is 4.98 Å². The number of furan rings is 1. The van der Waals surface area contributed by atoms with Gasteiger partial charge in [-0.3, -0.25) is 0 Å². The van der Waals surface area contributed by atoms with Gasteiger partial charge in [0, 0.05) is 13.1 Å². The highest BCUT2D eigenvalue weighted by Crippen LogP contribution is 2.22. The van der Waals surface area contributed by atoms with E-state index in [0.717, 1.165) is 36.3 Å². The molecule has 5 nitrogen and oxygen atoms in total. The molecule has 3 rings (SSSR count). The number of hydrogen-bond donors (Lipinski definition) is 2. The molecular formula is C17H22N4OS. The fourth-order valence-electron chi connectivity index (χ4n) is 2.80. The molecule has 2 N–H and O–H groups in total. The first-order chi connectivity index (χ1) is 11.2. The van der Waals surface area contributed by atoms with Gasteiger partial charge in [-0.2, -0.15) is 0 Å². The third-order valence-corrected chi connectivity index (χ3v) is 4.24. The third-order valence-electron chi connectivity index (χ3n) is 3.99. The Morgan fingerprint density at radius 2 is 2.35 bits per heavy atom. The van der Waals surface area contributed by atoms with Crippen LogP contribution < -0.4 is 15.5 Å². The fourth-order valence-corrected chi connectivity index (χ4v) is 2.99. The first kappa shape index (κ1) is 15.8. The van der Waals surface area contributed by atoms with Crippen LogP contribution in [-0.2, 0) is 6.54 Å². The molecule has 0 aliphatic carbocycles. The SMILES string of the molecule is C[C@@H]1CCCN(c2ccc(NC(=S)NCc3ccco3)cn2)C1. The van der Waals surface area contributed by atoms with E-state index in [2.05, 4.69) is 33.5 Å². The first-order valence-electron chi connectivity index (χ1n) is 7.99. The molecule has 1 fully saturated rings. The minimum atomic E-state index is 0.558. The molecule has 1 atom stereocenters. The van der Waals surface area contributed by atoms with Crippen LogP contribution in [0.5, 0.6) is 0 Å². The Morgan fingerprint density at radius 1 is 1.43 bits per heavy atom. The fraction of sp³-hybridized carbons (Fsp3) is 0.412. The topological polar surface area (TPSA) is 53.3 Å². The van der Waals surface area contributed by atoms with E-state index in [4.69, 9.17) is 16.6 Å². The highest BCUT2D eigenvalue weighted by atomic mass is 32.1. The molecule has 1 saturated heterocycles. The zero-order valence-corrected chi connectivity index (χ0v) is 14.1. The summed E-state index contributed by atoms with van der Waals surface area (Å²) < 4.78 is 5.26. The number of nitrogens with zero attached hydrogens (tertiary/aromatic N) is 2. The quantitative estimate of drug-likeness (QED) is 0.838. The van der Waals surface area contributed by atoms with E-state index in [9.17, 15) is 0 Å². The van der Waals surface area contributed by atoms with Crippen LogP contribution in [-0.4, -0.2) is 23.2 Å². The Morgan fingerprint density at radius 3 is 3.04 bits per heavy atom. The molecule has 0 amide bonds. The molecule has 6 heteroatoms. The maximum Gasteiger partial charge on any atom is 0.171 e. The Balaban J connectivity index is 1.51. The van der Waals surface area contributed by atoms with Crippen LogP contribution in [0, 0.1) is 5.92 Å². The van der Waals surface area contributed by atoms with E-state index >= 15 is 0 Å². The van der Waals surface area contributed by atoms with Crippen LogP contribution in [0.2, 0.25) is 0 Å². The smallest absolute Gasteiger partial charge is 0.171 e. The number of rotatable bonds is 4. The van der Waals surface area contributed by atoms with E-state index in [-0.39, 0.29) is 0 Å². The van der Waals surface area contributed by atoms with Crippen molar-refractivity contribution in [2.75, 3.05) is 23.3 Å². The van der Waals surface area contributed by atoms with Crippen molar-refractivity contribution in [3.63, 3.8) is 0 Å². The van der Waals surface area contributed by atoms with E-state index in [0.29, 0.717) is 11.7 Å². The molecule has 122 valence electrons. The van der Waals surface area contributed by atoms with E-state index < -0.39 is 0 Å². The summed E-state index contributed by atoms with van der Waals surface area (Å²) in [5, 5.41) is 6.80. The second kappa shape index (κ2) is 7.46. The van der Waals surface area contributed by atoms with Crippen molar-refractivity contribution in [1.29, 1.82) is 0 Å². The number of piperidine rings is 1. The van der Waals surface area contributed by atoms with Crippen molar-refractivity contribution in [3.05, 3.63) is 42.5 Å². The monoisotopic (exact) mass is 330 g/mol. The molecule has 1 aliphatic heterocycles. The summed E-state index contributed by atoms with van der Waals surface area (Å²) >= 11 is 5.28. The summed E-state index contributed by atoms with van der Waals surface area (Å²) in [4.78, 5) is 6.91. The number of aromatic nitrogens is 1. The van der Waals surface area contributed by atoms with E-state index in [1.54, 1.807) is 6.26 Å². The maximum atomic E-state index is 5.28. The molecule has 0 radical (unpaired) electrons. The van der Waals surface area contributed by atoms with Crippen molar-refractivity contribution in [2.24, 2.45) is 5.92 Å². The Labute approximate surface area is 142 Å². The summed E-state index contributed by atoms with van der Waals surface area (Å²) in [6, 6.07) is 7.83. The molecule has 0 bridgehead atoms. The van der Waals surface area contributed by atoms with Gasteiger partial charge in [0.1, 0.15) is 11.6 Å². The highest BCUT2D eigenvalue weighted by Gasteiger charge is 2.17. The zero-order chi connectivity index (χ0) is 16.1. The van der Waals surface area contributed by atoms with Crippen LogP contribution in [0.15, 0.2) is 41.1 Å². The van der Waals surface area contributed by atoms with Crippen molar-refractivity contribution >= 4 is 28.8 Å². The molecule has 0 saturated carbocycles. The lowest BCUT2D eigenvalue weighted by molar-refractivity contribution is 0.444. The van der Waals surface area contributed by atoms with Gasteiger partial charge in [0.25, 0.3) is 0 Å². The molecule has 0 aromatic carbocycles. The molecule has 1 aliphatic rings. The standard InChI is InChI=1S/C17H22N4OS/c1-13-4-2-8-21(12-13)16-7-6-14(10-18-16)20-17(23)19-11-15-5-3-9-22-15/h3,5-7,9-10,13H,2,4,8,11-12H2,1H3,(H2,19,20,23)/t13-/m1/s1. The second-order valence-electron chi connectivity index (χ2n) is 5.99. The summed E-state index contributed by atoms with van der Waals surface area (Å²) in [6.07, 6.45) is 6.03. The van der Waals surface area contributed by atoms with Gasteiger partial charge in [0.05, 0.1) is 24.7 Å². The highest BCUT2D eigenvalue weighted by molar-refractivity contribution is 7.80. The number of pyridine rings is 1. The third kappa shape index (κ3) is 4.45. The molecule has 2 aromatic rings. The minimum Gasteiger partial charge on any atom is -0.467 e. The second-order valence-corrected chi connectivity index (χ2v) is 6.39. The summed E-state index contributed by atoms with van der Waals surface area (Å²) in [7, 11) is 0. The lowest BCUT2D eigenvalue weighted by Gasteiger charge is -2.31. The normalized spacial score (nSPS) is 17.8. The van der Waals surface area contributed by atoms with Crippen molar-refractivity contribution in [3.8, 4) is 0 Å². The summed E-state index contributed by atoms with van der Waals surface area (Å²) in [6.45, 7) is 5.04. The molecular weight excluding hydrogens is 308 g/mol. The number of anilines is 2. The van der Waals surface area contributed by atoms with Crippen LogP contribution in [0.25, 0.3) is 0 Å². The predicted molar refractivity (Wildman–Crippen MR) is 96.6 cm³/mol. The number of nitrogens with one attached hydrogen (secondary N) is 2. The Hall–Kier alpha value is -2.08. The van der Waals surface area contributed by atoms with Gasteiger partial charge in [0.15, 0.2) is 5.11 Å². The Bertz CT molecular complexity index is 627. The molecule has 2 aromatic heterocycles. The zero-order valence-electron chi connectivity index (χ0n) is 13.3. The average Bonchev–Trinajstić information content (AvgIpc) is 3.07. The van der Waals surface area contributed by atoms with Crippen molar-refractivity contribution < 1.29 is 4.42 Å². The van der Waals surface area contributed by atoms with Gasteiger partial charge >= 0.3 is 0 Å². The van der Waals surface area contributed by atoms with Gasteiger partial charge in [-0.1, -0.05) is 6.92 Å². The van der Waals surface area contributed by atoms with E-state index in [1.165, 1.54) is 12.8 Å². The molecule has 0 unspecified atom stereocenters. The lowest BCUT2D eigenvalue weighted by atomic mass is 10.0.